The van der Waals surface area contributed by atoms with Gasteiger partial charge in [0.2, 0.25) is 0 Å². The predicted octanol–water partition coefficient (Wildman–Crippen LogP) is 3.61. The normalized spacial score (nSPS) is 22.7. The molecule has 4 heteroatoms. The van der Waals surface area contributed by atoms with Crippen molar-refractivity contribution < 1.29 is 19.1 Å². The lowest BCUT2D eigenvalue weighted by molar-refractivity contribution is -0.155. The molecule has 1 aliphatic carbocycles. The molecule has 0 amide bonds. The van der Waals surface area contributed by atoms with Crippen LogP contribution in [0.4, 0.5) is 0 Å². The van der Waals surface area contributed by atoms with Crippen molar-refractivity contribution >= 4 is 22.7 Å². The Bertz CT molecular complexity index is 795. The summed E-state index contributed by atoms with van der Waals surface area (Å²) < 4.78 is 9.92. The smallest absolute Gasteiger partial charge is 0.312 e. The molecule has 0 unspecified atom stereocenters. The average Bonchev–Trinajstić information content (AvgIpc) is 2.62. The molecule has 0 saturated heterocycles. The maximum absolute atomic E-state index is 12.5. The van der Waals surface area contributed by atoms with Crippen molar-refractivity contribution in [2.24, 2.45) is 5.41 Å². The second-order valence-electron chi connectivity index (χ2n) is 6.60. The van der Waals surface area contributed by atoms with Crippen LogP contribution >= 0.6 is 0 Å². The fourth-order valence-corrected chi connectivity index (χ4v) is 3.92. The van der Waals surface area contributed by atoms with Crippen molar-refractivity contribution in [3.05, 3.63) is 47.5 Å². The molecule has 0 aliphatic heterocycles. The van der Waals surface area contributed by atoms with Gasteiger partial charge in [-0.3, -0.25) is 9.59 Å². The van der Waals surface area contributed by atoms with Crippen molar-refractivity contribution in [2.75, 3.05) is 14.2 Å². The third kappa shape index (κ3) is 2.56. The van der Waals surface area contributed by atoms with Crippen LogP contribution in [0.1, 0.15) is 36.8 Å². The van der Waals surface area contributed by atoms with Crippen LogP contribution in [0.15, 0.2) is 36.4 Å². The minimum absolute atomic E-state index is 0.174. The van der Waals surface area contributed by atoms with Gasteiger partial charge in [-0.1, -0.05) is 36.4 Å². The van der Waals surface area contributed by atoms with E-state index >= 15 is 0 Å². The lowest BCUT2D eigenvalue weighted by atomic mass is 9.63. The van der Waals surface area contributed by atoms with Gasteiger partial charge in [0.05, 0.1) is 26.1 Å². The van der Waals surface area contributed by atoms with E-state index in [9.17, 15) is 9.59 Å². The fourth-order valence-electron chi connectivity index (χ4n) is 3.92. The first kappa shape index (κ1) is 16.5. The molecule has 24 heavy (non-hydrogen) atoms. The van der Waals surface area contributed by atoms with Gasteiger partial charge in [0.25, 0.3) is 0 Å². The summed E-state index contributed by atoms with van der Waals surface area (Å²) >= 11 is 0. The maximum atomic E-state index is 12.5. The summed E-state index contributed by atoms with van der Waals surface area (Å²) in [4.78, 5) is 24.4. The number of aryl methyl sites for hydroxylation is 1. The zero-order valence-electron chi connectivity index (χ0n) is 14.3. The van der Waals surface area contributed by atoms with Gasteiger partial charge in [0.15, 0.2) is 0 Å². The van der Waals surface area contributed by atoms with Crippen LogP contribution < -0.4 is 0 Å². The van der Waals surface area contributed by atoms with E-state index in [1.165, 1.54) is 30.6 Å². The zero-order chi connectivity index (χ0) is 17.3. The van der Waals surface area contributed by atoms with E-state index < -0.39 is 5.41 Å². The third-order valence-corrected chi connectivity index (χ3v) is 5.37. The van der Waals surface area contributed by atoms with Gasteiger partial charge in [-0.2, -0.15) is 0 Å². The topological polar surface area (TPSA) is 52.6 Å². The zero-order valence-corrected chi connectivity index (χ0v) is 14.3. The van der Waals surface area contributed by atoms with Gasteiger partial charge in [-0.25, -0.2) is 0 Å². The standard InChI is InChI=1S/C20H22O4/c1-20(19(22)24-3)11-10-15-14-7-5-4-6-13(14)8-9-16(15)17(20)12-18(21)23-2/h4-9,17H,10-12H2,1-3H3/t17-,20-/m1/s1. The summed E-state index contributed by atoms with van der Waals surface area (Å²) in [6.45, 7) is 1.89. The van der Waals surface area contributed by atoms with Crippen LogP contribution in [0.5, 0.6) is 0 Å². The molecule has 0 heterocycles. The molecule has 2 aromatic rings. The SMILES string of the molecule is COC(=O)C[C@@H]1c2ccc3ccccc3c2CC[C@@]1(C)C(=O)OC. The minimum Gasteiger partial charge on any atom is -0.469 e. The van der Waals surface area contributed by atoms with Crippen LogP contribution in [0.25, 0.3) is 10.8 Å². The van der Waals surface area contributed by atoms with E-state index in [1.807, 2.05) is 25.1 Å². The summed E-state index contributed by atoms with van der Waals surface area (Å²) in [5.41, 5.74) is 1.56. The summed E-state index contributed by atoms with van der Waals surface area (Å²) in [6.07, 6.45) is 1.62. The molecule has 3 rings (SSSR count). The second-order valence-corrected chi connectivity index (χ2v) is 6.60. The average molecular weight is 326 g/mol. The van der Waals surface area contributed by atoms with E-state index in [4.69, 9.17) is 9.47 Å². The molecule has 1 aliphatic rings. The number of methoxy groups -OCH3 is 2. The number of carbonyl (C=O) groups is 2. The van der Waals surface area contributed by atoms with Crippen molar-refractivity contribution in [3.63, 3.8) is 0 Å². The third-order valence-electron chi connectivity index (χ3n) is 5.37. The summed E-state index contributed by atoms with van der Waals surface area (Å²) in [5.74, 6) is -0.822. The Hall–Kier alpha value is -2.36. The number of ether oxygens (including phenoxy) is 2. The lowest BCUT2D eigenvalue weighted by Crippen LogP contribution is -2.40. The maximum Gasteiger partial charge on any atom is 0.312 e. The van der Waals surface area contributed by atoms with Gasteiger partial charge >= 0.3 is 11.9 Å². The predicted molar refractivity (Wildman–Crippen MR) is 91.8 cm³/mol. The van der Waals surface area contributed by atoms with E-state index in [0.717, 1.165) is 12.0 Å². The quantitative estimate of drug-likeness (QED) is 0.809. The first-order valence-electron chi connectivity index (χ1n) is 8.17. The number of fused-ring (bicyclic) bond motifs is 3. The number of esters is 2. The summed E-state index contributed by atoms with van der Waals surface area (Å²) in [6, 6.07) is 12.3. The van der Waals surface area contributed by atoms with Gasteiger partial charge < -0.3 is 9.47 Å². The highest BCUT2D eigenvalue weighted by Crippen LogP contribution is 2.49. The molecule has 0 saturated carbocycles. The number of carbonyl (C=O) groups excluding carboxylic acids is 2. The van der Waals surface area contributed by atoms with Gasteiger partial charge in [-0.05, 0) is 41.7 Å². The number of hydrogen-bond donors (Lipinski definition) is 0. The lowest BCUT2D eigenvalue weighted by Gasteiger charge is -2.40. The summed E-state index contributed by atoms with van der Waals surface area (Å²) in [7, 11) is 2.78. The number of benzene rings is 2. The highest BCUT2D eigenvalue weighted by molar-refractivity contribution is 5.89. The number of rotatable bonds is 3. The van der Waals surface area contributed by atoms with Gasteiger partial charge in [0.1, 0.15) is 0 Å². The first-order chi connectivity index (χ1) is 11.5. The molecule has 0 N–H and O–H groups in total. The Labute approximate surface area is 141 Å². The van der Waals surface area contributed by atoms with Crippen molar-refractivity contribution in [1.82, 2.24) is 0 Å². The Morgan fingerprint density at radius 2 is 1.88 bits per heavy atom. The monoisotopic (exact) mass is 326 g/mol. The van der Waals surface area contributed by atoms with Crippen LogP contribution in [-0.4, -0.2) is 26.2 Å². The molecule has 126 valence electrons. The molecule has 0 spiro atoms. The largest absolute Gasteiger partial charge is 0.469 e. The van der Waals surface area contributed by atoms with Crippen LogP contribution in [-0.2, 0) is 25.5 Å². The van der Waals surface area contributed by atoms with Crippen molar-refractivity contribution in [2.45, 2.75) is 32.1 Å². The molecular weight excluding hydrogens is 304 g/mol. The molecule has 4 nitrogen and oxygen atoms in total. The molecular formula is C20H22O4. The highest BCUT2D eigenvalue weighted by Gasteiger charge is 2.47. The first-order valence-corrected chi connectivity index (χ1v) is 8.17. The fraction of sp³-hybridized carbons (Fsp3) is 0.400. The van der Waals surface area contributed by atoms with Gasteiger partial charge in [-0.15, -0.1) is 0 Å². The Morgan fingerprint density at radius 3 is 2.58 bits per heavy atom. The van der Waals surface area contributed by atoms with E-state index in [-0.39, 0.29) is 24.3 Å². The second kappa shape index (κ2) is 6.27. The Kier molecular flexibility index (Phi) is 4.31. The summed E-state index contributed by atoms with van der Waals surface area (Å²) in [5, 5.41) is 2.37. The molecule has 0 aromatic heterocycles. The van der Waals surface area contributed by atoms with Crippen LogP contribution in [0.2, 0.25) is 0 Å². The Balaban J connectivity index is 2.16. The molecule has 2 atom stereocenters. The van der Waals surface area contributed by atoms with Crippen molar-refractivity contribution in [3.8, 4) is 0 Å². The molecule has 2 aromatic carbocycles. The minimum atomic E-state index is -0.724. The van der Waals surface area contributed by atoms with Gasteiger partial charge in [0, 0.05) is 5.92 Å². The van der Waals surface area contributed by atoms with Crippen LogP contribution in [0, 0.1) is 5.41 Å². The molecule has 0 bridgehead atoms. The van der Waals surface area contributed by atoms with Crippen LogP contribution in [0.3, 0.4) is 0 Å². The van der Waals surface area contributed by atoms with E-state index in [1.54, 1.807) is 0 Å². The highest BCUT2D eigenvalue weighted by atomic mass is 16.5. The molecule has 0 radical (unpaired) electrons. The van der Waals surface area contributed by atoms with Crippen molar-refractivity contribution in [1.29, 1.82) is 0 Å². The van der Waals surface area contributed by atoms with E-state index in [0.29, 0.717) is 6.42 Å². The van der Waals surface area contributed by atoms with E-state index in [2.05, 4.69) is 18.2 Å². The molecule has 0 fully saturated rings. The number of hydrogen-bond acceptors (Lipinski definition) is 4. The Morgan fingerprint density at radius 1 is 1.12 bits per heavy atom.